The minimum Gasteiger partial charge on any atom is -0.369 e. The highest BCUT2D eigenvalue weighted by molar-refractivity contribution is 5.54. The van der Waals surface area contributed by atoms with E-state index in [0.29, 0.717) is 6.04 Å². The molecule has 1 aromatic carbocycles. The molecule has 0 spiro atoms. The minimum absolute atomic E-state index is 0.626. The van der Waals surface area contributed by atoms with Crippen molar-refractivity contribution < 1.29 is 0 Å². The molecule has 1 aliphatic heterocycles. The largest absolute Gasteiger partial charge is 0.369 e. The number of hydrogen-bond donors (Lipinski definition) is 1. The average Bonchev–Trinajstić information content (AvgIpc) is 2.60. The molecule has 2 unspecified atom stereocenters. The van der Waals surface area contributed by atoms with E-state index < -0.39 is 0 Å². The van der Waals surface area contributed by atoms with Crippen molar-refractivity contribution in [2.24, 2.45) is 5.92 Å². The maximum absolute atomic E-state index is 3.73. The van der Waals surface area contributed by atoms with Gasteiger partial charge in [0.05, 0.1) is 0 Å². The molecule has 1 heterocycles. The smallest absolute Gasteiger partial charge is 0.0412 e. The molecule has 0 bridgehead atoms. The highest BCUT2D eigenvalue weighted by Gasteiger charge is 2.21. The standard InChI is InChI=1S/C18H30N2/c1-4-8-15(3)13-20-14-17(9-5-2)19-12-16-10-6-7-11-18(16)20/h6-7,10-11,15,17,19H,4-5,8-9,12-14H2,1-3H3. The maximum atomic E-state index is 3.73. The van der Waals surface area contributed by atoms with Gasteiger partial charge in [0.15, 0.2) is 0 Å². The van der Waals surface area contributed by atoms with Crippen molar-refractivity contribution in [2.75, 3.05) is 18.0 Å². The molecular weight excluding hydrogens is 244 g/mol. The quantitative estimate of drug-likeness (QED) is 0.836. The summed E-state index contributed by atoms with van der Waals surface area (Å²) in [6.45, 7) is 10.3. The Morgan fingerprint density at radius 1 is 1.25 bits per heavy atom. The summed E-state index contributed by atoms with van der Waals surface area (Å²) in [6.07, 6.45) is 5.14. The molecule has 2 rings (SSSR count). The number of para-hydroxylation sites is 1. The number of nitrogens with one attached hydrogen (secondary N) is 1. The predicted molar refractivity (Wildman–Crippen MR) is 88.3 cm³/mol. The summed E-state index contributed by atoms with van der Waals surface area (Å²) in [6, 6.07) is 9.53. The molecule has 0 radical (unpaired) electrons. The molecule has 20 heavy (non-hydrogen) atoms. The zero-order valence-electron chi connectivity index (χ0n) is 13.4. The van der Waals surface area contributed by atoms with Crippen LogP contribution in [0.1, 0.15) is 52.0 Å². The van der Waals surface area contributed by atoms with E-state index in [2.05, 4.69) is 55.3 Å². The molecule has 0 aliphatic carbocycles. The van der Waals surface area contributed by atoms with Gasteiger partial charge in [0.25, 0.3) is 0 Å². The number of rotatable bonds is 6. The average molecular weight is 274 g/mol. The Balaban J connectivity index is 2.15. The summed E-state index contributed by atoms with van der Waals surface area (Å²) in [4.78, 5) is 2.62. The molecule has 2 atom stereocenters. The Morgan fingerprint density at radius 3 is 2.80 bits per heavy atom. The van der Waals surface area contributed by atoms with Crippen molar-refractivity contribution in [1.29, 1.82) is 0 Å². The Kier molecular flexibility index (Phi) is 5.90. The molecule has 0 saturated heterocycles. The number of benzene rings is 1. The van der Waals surface area contributed by atoms with E-state index >= 15 is 0 Å². The highest BCUT2D eigenvalue weighted by atomic mass is 15.2. The lowest BCUT2D eigenvalue weighted by Crippen LogP contribution is -2.40. The lowest BCUT2D eigenvalue weighted by Gasteiger charge is -2.30. The molecule has 0 aromatic heterocycles. The maximum Gasteiger partial charge on any atom is 0.0412 e. The monoisotopic (exact) mass is 274 g/mol. The topological polar surface area (TPSA) is 15.3 Å². The number of nitrogens with zero attached hydrogens (tertiary/aromatic N) is 1. The van der Waals surface area contributed by atoms with Crippen LogP contribution in [0, 0.1) is 5.92 Å². The second-order valence-corrected chi connectivity index (χ2v) is 6.29. The Labute approximate surface area is 124 Å². The molecule has 112 valence electrons. The molecule has 2 nitrogen and oxygen atoms in total. The van der Waals surface area contributed by atoms with E-state index in [1.54, 1.807) is 0 Å². The summed E-state index contributed by atoms with van der Waals surface area (Å²) in [5, 5.41) is 3.73. The second-order valence-electron chi connectivity index (χ2n) is 6.29. The lowest BCUT2D eigenvalue weighted by atomic mass is 10.0. The fourth-order valence-electron chi connectivity index (χ4n) is 3.33. The Morgan fingerprint density at radius 2 is 2.05 bits per heavy atom. The van der Waals surface area contributed by atoms with Gasteiger partial charge in [-0.2, -0.15) is 0 Å². The molecule has 1 aliphatic rings. The van der Waals surface area contributed by atoms with Gasteiger partial charge in [-0.25, -0.2) is 0 Å². The third-order valence-electron chi connectivity index (χ3n) is 4.30. The van der Waals surface area contributed by atoms with Crippen LogP contribution < -0.4 is 10.2 Å². The van der Waals surface area contributed by atoms with Crippen LogP contribution in [0.25, 0.3) is 0 Å². The van der Waals surface area contributed by atoms with Gasteiger partial charge in [0.2, 0.25) is 0 Å². The fraction of sp³-hybridized carbons (Fsp3) is 0.667. The third kappa shape index (κ3) is 3.99. The Hall–Kier alpha value is -1.02. The van der Waals surface area contributed by atoms with Crippen molar-refractivity contribution in [1.82, 2.24) is 5.32 Å². The van der Waals surface area contributed by atoms with Crippen LogP contribution in [0.15, 0.2) is 24.3 Å². The van der Waals surface area contributed by atoms with Crippen molar-refractivity contribution >= 4 is 5.69 Å². The SMILES string of the molecule is CCCC(C)CN1CC(CCC)NCc2ccccc21. The van der Waals surface area contributed by atoms with Gasteiger partial charge in [0, 0.05) is 31.4 Å². The van der Waals surface area contributed by atoms with E-state index in [1.807, 2.05) is 0 Å². The van der Waals surface area contributed by atoms with Crippen molar-refractivity contribution in [2.45, 2.75) is 59.0 Å². The van der Waals surface area contributed by atoms with Crippen molar-refractivity contribution in [3.63, 3.8) is 0 Å². The summed E-state index contributed by atoms with van der Waals surface area (Å²) in [7, 11) is 0. The summed E-state index contributed by atoms with van der Waals surface area (Å²) in [5.74, 6) is 0.772. The first-order valence-corrected chi connectivity index (χ1v) is 8.30. The zero-order valence-corrected chi connectivity index (χ0v) is 13.4. The van der Waals surface area contributed by atoms with Gasteiger partial charge >= 0.3 is 0 Å². The van der Waals surface area contributed by atoms with E-state index in [-0.39, 0.29) is 0 Å². The summed E-state index contributed by atoms with van der Waals surface area (Å²) >= 11 is 0. The first-order chi connectivity index (χ1) is 9.74. The molecule has 0 fully saturated rings. The van der Waals surface area contributed by atoms with Crippen LogP contribution in [0.2, 0.25) is 0 Å². The highest BCUT2D eigenvalue weighted by Crippen LogP contribution is 2.25. The summed E-state index contributed by atoms with van der Waals surface area (Å²) < 4.78 is 0. The zero-order chi connectivity index (χ0) is 14.4. The molecular formula is C18H30N2. The van der Waals surface area contributed by atoms with Crippen LogP contribution >= 0.6 is 0 Å². The molecule has 0 saturated carbocycles. The van der Waals surface area contributed by atoms with E-state index in [4.69, 9.17) is 0 Å². The molecule has 1 N–H and O–H groups in total. The van der Waals surface area contributed by atoms with Crippen LogP contribution in [-0.2, 0) is 6.54 Å². The van der Waals surface area contributed by atoms with Crippen molar-refractivity contribution in [3.8, 4) is 0 Å². The molecule has 1 aromatic rings. The predicted octanol–water partition coefficient (Wildman–Crippen LogP) is 4.20. The van der Waals surface area contributed by atoms with E-state index in [0.717, 1.165) is 19.0 Å². The fourth-order valence-corrected chi connectivity index (χ4v) is 3.33. The van der Waals surface area contributed by atoms with Gasteiger partial charge in [-0.1, -0.05) is 51.8 Å². The third-order valence-corrected chi connectivity index (χ3v) is 4.30. The normalized spacial score (nSPS) is 20.4. The van der Waals surface area contributed by atoms with Gasteiger partial charge in [-0.3, -0.25) is 0 Å². The van der Waals surface area contributed by atoms with Crippen LogP contribution in [0.3, 0.4) is 0 Å². The first kappa shape index (κ1) is 15.4. The van der Waals surface area contributed by atoms with E-state index in [9.17, 15) is 0 Å². The van der Waals surface area contributed by atoms with Crippen molar-refractivity contribution in [3.05, 3.63) is 29.8 Å². The second kappa shape index (κ2) is 7.68. The number of hydrogen-bond acceptors (Lipinski definition) is 2. The lowest BCUT2D eigenvalue weighted by molar-refractivity contribution is 0.454. The van der Waals surface area contributed by atoms with Crippen LogP contribution in [0.4, 0.5) is 5.69 Å². The summed E-state index contributed by atoms with van der Waals surface area (Å²) in [5.41, 5.74) is 2.90. The number of fused-ring (bicyclic) bond motifs is 1. The minimum atomic E-state index is 0.626. The van der Waals surface area contributed by atoms with Crippen LogP contribution in [-0.4, -0.2) is 19.1 Å². The van der Waals surface area contributed by atoms with Gasteiger partial charge in [-0.05, 0) is 30.4 Å². The molecule has 0 amide bonds. The van der Waals surface area contributed by atoms with Gasteiger partial charge < -0.3 is 10.2 Å². The molecule has 2 heteroatoms. The Bertz CT molecular complexity index is 402. The first-order valence-electron chi connectivity index (χ1n) is 8.30. The van der Waals surface area contributed by atoms with Gasteiger partial charge in [-0.15, -0.1) is 0 Å². The van der Waals surface area contributed by atoms with E-state index in [1.165, 1.54) is 43.5 Å². The number of anilines is 1. The van der Waals surface area contributed by atoms with Crippen LogP contribution in [0.5, 0.6) is 0 Å². The van der Waals surface area contributed by atoms with Gasteiger partial charge in [0.1, 0.15) is 0 Å².